The minimum absolute atomic E-state index is 0.153. The first kappa shape index (κ1) is 18.1. The summed E-state index contributed by atoms with van der Waals surface area (Å²) in [4.78, 5) is 37.6. The number of aryl methyl sites for hydroxylation is 1. The molecule has 0 radical (unpaired) electrons. The third kappa shape index (κ3) is 4.29. The summed E-state index contributed by atoms with van der Waals surface area (Å²) in [5.41, 5.74) is 2.57. The number of rotatable bonds is 4. The van der Waals surface area contributed by atoms with Gasteiger partial charge in [0.1, 0.15) is 12.2 Å². The molecule has 1 heterocycles. The highest BCUT2D eigenvalue weighted by molar-refractivity contribution is 14.1. The molecule has 1 aliphatic heterocycles. The first-order valence-corrected chi connectivity index (χ1v) is 8.97. The average molecular weight is 461 g/mol. The van der Waals surface area contributed by atoms with Crippen LogP contribution in [0.3, 0.4) is 0 Å². The van der Waals surface area contributed by atoms with Crippen LogP contribution >= 0.6 is 22.6 Å². The topological polar surface area (TPSA) is 78.5 Å². The molecule has 132 valence electrons. The molecule has 1 aliphatic rings. The molecule has 2 aromatic rings. The summed E-state index contributed by atoms with van der Waals surface area (Å²) in [5.74, 6) is -0.956. The first-order valence-electron chi connectivity index (χ1n) is 7.89. The molecule has 0 aliphatic carbocycles. The summed E-state index contributed by atoms with van der Waals surface area (Å²) in [6.45, 7) is 1.57. The Morgan fingerprint density at radius 2 is 1.96 bits per heavy atom. The SMILES string of the molecule is Cc1cccc(NC(=O)CN2C(=O)NC(=Cc3cccc(I)c3)C2=O)c1. The van der Waals surface area contributed by atoms with Crippen molar-refractivity contribution in [2.45, 2.75) is 6.92 Å². The van der Waals surface area contributed by atoms with Crippen LogP contribution in [0.1, 0.15) is 11.1 Å². The molecule has 1 fully saturated rings. The number of carbonyl (C=O) groups excluding carboxylic acids is 3. The van der Waals surface area contributed by atoms with Gasteiger partial charge in [-0.2, -0.15) is 0 Å². The number of imide groups is 1. The van der Waals surface area contributed by atoms with Crippen LogP contribution < -0.4 is 10.6 Å². The lowest BCUT2D eigenvalue weighted by Crippen LogP contribution is -2.38. The second kappa shape index (κ2) is 7.69. The van der Waals surface area contributed by atoms with E-state index in [1.54, 1.807) is 12.1 Å². The van der Waals surface area contributed by atoms with Crippen molar-refractivity contribution in [3.63, 3.8) is 0 Å². The lowest BCUT2D eigenvalue weighted by molar-refractivity contribution is -0.127. The third-order valence-corrected chi connectivity index (χ3v) is 4.40. The van der Waals surface area contributed by atoms with E-state index in [4.69, 9.17) is 0 Å². The van der Waals surface area contributed by atoms with Gasteiger partial charge in [-0.1, -0.05) is 24.3 Å². The molecule has 0 unspecified atom stereocenters. The molecule has 0 atom stereocenters. The quantitative estimate of drug-likeness (QED) is 0.418. The summed E-state index contributed by atoms with van der Waals surface area (Å²) in [5, 5.41) is 5.21. The van der Waals surface area contributed by atoms with Crippen molar-refractivity contribution < 1.29 is 14.4 Å². The van der Waals surface area contributed by atoms with Crippen molar-refractivity contribution in [2.24, 2.45) is 0 Å². The minimum atomic E-state index is -0.605. The van der Waals surface area contributed by atoms with Crippen LogP contribution in [0.4, 0.5) is 10.5 Å². The molecular weight excluding hydrogens is 445 g/mol. The van der Waals surface area contributed by atoms with Gasteiger partial charge in [-0.05, 0) is 71.0 Å². The zero-order valence-electron chi connectivity index (χ0n) is 14.0. The number of anilines is 1. The highest BCUT2D eigenvalue weighted by Gasteiger charge is 2.34. The maximum atomic E-state index is 12.4. The van der Waals surface area contributed by atoms with Gasteiger partial charge in [-0.3, -0.25) is 9.59 Å². The van der Waals surface area contributed by atoms with E-state index in [2.05, 4.69) is 33.2 Å². The molecule has 1 saturated heterocycles. The summed E-state index contributed by atoms with van der Waals surface area (Å²) in [6, 6.07) is 14.2. The lowest BCUT2D eigenvalue weighted by Gasteiger charge is -2.12. The highest BCUT2D eigenvalue weighted by atomic mass is 127. The summed E-state index contributed by atoms with van der Waals surface area (Å²) in [6.07, 6.45) is 1.60. The van der Waals surface area contributed by atoms with E-state index in [1.165, 1.54) is 0 Å². The molecule has 4 amide bonds. The summed E-state index contributed by atoms with van der Waals surface area (Å²) in [7, 11) is 0. The fraction of sp³-hybridized carbons (Fsp3) is 0.105. The Bertz CT molecular complexity index is 924. The maximum absolute atomic E-state index is 12.4. The van der Waals surface area contributed by atoms with Gasteiger partial charge in [0.2, 0.25) is 5.91 Å². The molecule has 2 aromatic carbocycles. The Morgan fingerprint density at radius 1 is 1.19 bits per heavy atom. The molecule has 0 bridgehead atoms. The van der Waals surface area contributed by atoms with Gasteiger partial charge in [0.05, 0.1) is 0 Å². The molecule has 2 N–H and O–H groups in total. The predicted molar refractivity (Wildman–Crippen MR) is 107 cm³/mol. The van der Waals surface area contributed by atoms with E-state index in [0.29, 0.717) is 5.69 Å². The van der Waals surface area contributed by atoms with E-state index < -0.39 is 17.8 Å². The Morgan fingerprint density at radius 3 is 2.69 bits per heavy atom. The normalized spacial score (nSPS) is 15.3. The molecule has 0 aromatic heterocycles. The smallest absolute Gasteiger partial charge is 0.325 e. The number of halogens is 1. The van der Waals surface area contributed by atoms with Crippen LogP contribution in [-0.4, -0.2) is 29.3 Å². The highest BCUT2D eigenvalue weighted by Crippen LogP contribution is 2.16. The Hall–Kier alpha value is -2.68. The average Bonchev–Trinajstić information content (AvgIpc) is 2.82. The molecule has 0 saturated carbocycles. The van der Waals surface area contributed by atoms with E-state index in [9.17, 15) is 14.4 Å². The van der Waals surface area contributed by atoms with Gasteiger partial charge < -0.3 is 10.6 Å². The molecule has 7 heteroatoms. The van der Waals surface area contributed by atoms with E-state index in [1.807, 2.05) is 49.4 Å². The van der Waals surface area contributed by atoms with Gasteiger partial charge in [-0.15, -0.1) is 0 Å². The molecule has 6 nitrogen and oxygen atoms in total. The van der Waals surface area contributed by atoms with Crippen molar-refractivity contribution in [3.8, 4) is 0 Å². The molecule has 3 rings (SSSR count). The van der Waals surface area contributed by atoms with Crippen LogP contribution in [0.25, 0.3) is 6.08 Å². The first-order chi connectivity index (χ1) is 12.4. The molecular formula is C19H16IN3O3. The summed E-state index contributed by atoms with van der Waals surface area (Å²) >= 11 is 2.17. The van der Waals surface area contributed by atoms with Crippen LogP contribution in [0.15, 0.2) is 54.2 Å². The Balaban J connectivity index is 1.70. The number of nitrogens with zero attached hydrogens (tertiary/aromatic N) is 1. The van der Waals surface area contributed by atoms with Gasteiger partial charge in [0, 0.05) is 9.26 Å². The van der Waals surface area contributed by atoms with E-state index in [-0.39, 0.29) is 12.2 Å². The van der Waals surface area contributed by atoms with Gasteiger partial charge in [0.15, 0.2) is 0 Å². The third-order valence-electron chi connectivity index (χ3n) is 3.73. The van der Waals surface area contributed by atoms with Crippen LogP contribution in [-0.2, 0) is 9.59 Å². The fourth-order valence-corrected chi connectivity index (χ4v) is 3.11. The Kier molecular flexibility index (Phi) is 5.36. The number of benzene rings is 2. The van der Waals surface area contributed by atoms with Gasteiger partial charge >= 0.3 is 6.03 Å². The van der Waals surface area contributed by atoms with Crippen molar-refractivity contribution in [2.75, 3.05) is 11.9 Å². The van der Waals surface area contributed by atoms with Gasteiger partial charge in [0.25, 0.3) is 5.91 Å². The maximum Gasteiger partial charge on any atom is 0.329 e. The number of urea groups is 1. The number of hydrogen-bond acceptors (Lipinski definition) is 3. The standard InChI is InChI=1S/C19H16IN3O3/c1-12-4-2-7-15(8-12)21-17(24)11-23-18(25)16(22-19(23)26)10-13-5-3-6-14(20)9-13/h2-10H,11H2,1H3,(H,21,24)(H,22,26). The van der Waals surface area contributed by atoms with Crippen LogP contribution in [0.5, 0.6) is 0 Å². The van der Waals surface area contributed by atoms with E-state index >= 15 is 0 Å². The lowest BCUT2D eigenvalue weighted by atomic mass is 10.2. The Labute approximate surface area is 164 Å². The van der Waals surface area contributed by atoms with Gasteiger partial charge in [-0.25, -0.2) is 9.69 Å². The molecule has 0 spiro atoms. The summed E-state index contributed by atoms with van der Waals surface area (Å²) < 4.78 is 1.02. The fourth-order valence-electron chi connectivity index (χ4n) is 2.55. The second-order valence-electron chi connectivity index (χ2n) is 5.85. The number of amides is 4. The second-order valence-corrected chi connectivity index (χ2v) is 7.10. The zero-order valence-corrected chi connectivity index (χ0v) is 16.1. The monoisotopic (exact) mass is 461 g/mol. The number of nitrogens with one attached hydrogen (secondary N) is 2. The van der Waals surface area contributed by atoms with Crippen LogP contribution in [0.2, 0.25) is 0 Å². The van der Waals surface area contributed by atoms with Crippen molar-refractivity contribution in [1.82, 2.24) is 10.2 Å². The zero-order chi connectivity index (χ0) is 18.7. The molecule has 26 heavy (non-hydrogen) atoms. The van der Waals surface area contributed by atoms with Crippen molar-refractivity contribution in [3.05, 3.63) is 68.9 Å². The van der Waals surface area contributed by atoms with Crippen LogP contribution in [0, 0.1) is 10.5 Å². The largest absolute Gasteiger partial charge is 0.329 e. The number of carbonyl (C=O) groups is 3. The predicted octanol–water partition coefficient (Wildman–Crippen LogP) is 3.13. The van der Waals surface area contributed by atoms with Crippen molar-refractivity contribution in [1.29, 1.82) is 0 Å². The number of hydrogen-bond donors (Lipinski definition) is 2. The van der Waals surface area contributed by atoms with Crippen molar-refractivity contribution >= 4 is 52.2 Å². The van der Waals surface area contributed by atoms with E-state index in [0.717, 1.165) is 19.6 Å². The minimum Gasteiger partial charge on any atom is -0.325 e.